The molecule has 0 aliphatic rings. The van der Waals surface area contributed by atoms with E-state index in [9.17, 15) is 4.79 Å². The fourth-order valence-corrected chi connectivity index (χ4v) is 3.37. The molecule has 0 unspecified atom stereocenters. The van der Waals surface area contributed by atoms with Crippen LogP contribution in [0, 0.1) is 11.8 Å². The van der Waals surface area contributed by atoms with Crippen LogP contribution in [0.2, 0.25) is 0 Å². The maximum absolute atomic E-state index is 12.6. The molecule has 3 aromatic rings. The number of hydrogen-bond acceptors (Lipinski definition) is 5. The van der Waals surface area contributed by atoms with Crippen molar-refractivity contribution >= 4 is 18.0 Å². The zero-order valence-electron chi connectivity index (χ0n) is 18.1. The van der Waals surface area contributed by atoms with Gasteiger partial charge < -0.3 is 9.15 Å². The first-order valence-corrected chi connectivity index (χ1v) is 10.6. The lowest BCUT2D eigenvalue weighted by molar-refractivity contribution is 0.0966. The molecular weight excluding hydrogens is 396 g/mol. The van der Waals surface area contributed by atoms with E-state index in [0.29, 0.717) is 23.3 Å². The molecular formula is C24H28N2O3S. The van der Waals surface area contributed by atoms with Crippen LogP contribution < -0.4 is 4.74 Å². The Morgan fingerprint density at radius 3 is 2.43 bits per heavy atom. The number of ether oxygens (including phenoxy) is 1. The standard InChI is InChI=1S/C24H28N2O3S/c1-15(2)18-7-9-19(10-8-18)21(27)13-26-24(30)29-23(25-26)14-28-22-12-17(5)6-11-20(22)16(3)4/h6-12,15-16H,13-14H2,1-5H3. The summed E-state index contributed by atoms with van der Waals surface area (Å²) in [4.78, 5) is 12.8. The number of rotatable bonds is 8. The number of nitrogens with zero attached hydrogens (tertiary/aromatic N) is 2. The average Bonchev–Trinajstić information content (AvgIpc) is 3.05. The molecule has 0 fully saturated rings. The third-order valence-electron chi connectivity index (χ3n) is 4.98. The van der Waals surface area contributed by atoms with Crippen LogP contribution in [-0.2, 0) is 13.2 Å². The van der Waals surface area contributed by atoms with E-state index in [0.717, 1.165) is 16.9 Å². The van der Waals surface area contributed by atoms with Crippen LogP contribution in [0.5, 0.6) is 5.75 Å². The van der Waals surface area contributed by atoms with Gasteiger partial charge in [0.2, 0.25) is 0 Å². The van der Waals surface area contributed by atoms with Gasteiger partial charge in [0, 0.05) is 5.56 Å². The molecule has 0 saturated carbocycles. The largest absolute Gasteiger partial charge is 0.484 e. The predicted octanol–water partition coefficient (Wildman–Crippen LogP) is 6.22. The van der Waals surface area contributed by atoms with Crippen molar-refractivity contribution in [1.29, 1.82) is 0 Å². The van der Waals surface area contributed by atoms with E-state index < -0.39 is 0 Å². The van der Waals surface area contributed by atoms with Gasteiger partial charge in [0.15, 0.2) is 12.4 Å². The van der Waals surface area contributed by atoms with E-state index in [1.807, 2.05) is 37.3 Å². The van der Waals surface area contributed by atoms with Crippen LogP contribution in [0.25, 0.3) is 0 Å². The van der Waals surface area contributed by atoms with Gasteiger partial charge in [-0.1, -0.05) is 64.1 Å². The highest BCUT2D eigenvalue weighted by molar-refractivity contribution is 7.71. The Labute approximate surface area is 182 Å². The highest BCUT2D eigenvalue weighted by Gasteiger charge is 2.14. The van der Waals surface area contributed by atoms with Crippen molar-refractivity contribution in [1.82, 2.24) is 9.78 Å². The molecule has 1 heterocycles. The van der Waals surface area contributed by atoms with Gasteiger partial charge in [0.1, 0.15) is 12.3 Å². The number of ketones is 1. The lowest BCUT2D eigenvalue weighted by Crippen LogP contribution is -2.12. The number of aromatic nitrogens is 2. The van der Waals surface area contributed by atoms with Crippen molar-refractivity contribution in [2.75, 3.05) is 0 Å². The summed E-state index contributed by atoms with van der Waals surface area (Å²) < 4.78 is 12.9. The molecule has 3 rings (SSSR count). The molecule has 0 aliphatic carbocycles. The third-order valence-corrected chi connectivity index (χ3v) is 5.28. The summed E-state index contributed by atoms with van der Waals surface area (Å²) in [6.07, 6.45) is 0. The number of Topliss-reactive ketones (excluding diaryl/α,β-unsaturated/α-hetero) is 1. The molecule has 5 nitrogen and oxygen atoms in total. The number of benzene rings is 2. The number of hydrogen-bond donors (Lipinski definition) is 0. The van der Waals surface area contributed by atoms with Gasteiger partial charge in [-0.2, -0.15) is 0 Å². The Kier molecular flexibility index (Phi) is 6.87. The molecule has 2 aromatic carbocycles. The van der Waals surface area contributed by atoms with E-state index in [2.05, 4.69) is 44.9 Å². The Morgan fingerprint density at radius 1 is 1.10 bits per heavy atom. The molecule has 0 spiro atoms. The number of carbonyl (C=O) groups excluding carboxylic acids is 1. The smallest absolute Gasteiger partial charge is 0.287 e. The van der Waals surface area contributed by atoms with Gasteiger partial charge in [-0.3, -0.25) is 4.79 Å². The first-order chi connectivity index (χ1) is 14.2. The minimum atomic E-state index is -0.0667. The minimum absolute atomic E-state index is 0.0328. The summed E-state index contributed by atoms with van der Waals surface area (Å²) in [5.41, 5.74) is 4.07. The summed E-state index contributed by atoms with van der Waals surface area (Å²) >= 11 is 5.24. The molecule has 6 heteroatoms. The highest BCUT2D eigenvalue weighted by Crippen LogP contribution is 2.28. The topological polar surface area (TPSA) is 57.3 Å². The molecule has 158 valence electrons. The Balaban J connectivity index is 1.69. The first-order valence-electron chi connectivity index (χ1n) is 10.2. The lowest BCUT2D eigenvalue weighted by atomic mass is 10.0. The minimum Gasteiger partial charge on any atom is -0.484 e. The Hall–Kier alpha value is -2.73. The van der Waals surface area contributed by atoms with E-state index in [4.69, 9.17) is 21.4 Å². The SMILES string of the molecule is Cc1ccc(C(C)C)c(OCc2nn(CC(=O)c3ccc(C(C)C)cc3)c(=S)o2)c1. The summed E-state index contributed by atoms with van der Waals surface area (Å²) in [6, 6.07) is 13.8. The van der Waals surface area contributed by atoms with E-state index in [1.54, 1.807) is 0 Å². The summed E-state index contributed by atoms with van der Waals surface area (Å²) in [5.74, 6) is 1.85. The molecule has 0 saturated heterocycles. The molecule has 0 aliphatic heterocycles. The maximum atomic E-state index is 12.6. The Morgan fingerprint density at radius 2 is 1.80 bits per heavy atom. The van der Waals surface area contributed by atoms with E-state index in [1.165, 1.54) is 10.2 Å². The second-order valence-electron chi connectivity index (χ2n) is 8.10. The lowest BCUT2D eigenvalue weighted by Gasteiger charge is -2.13. The summed E-state index contributed by atoms with van der Waals surface area (Å²) in [7, 11) is 0. The van der Waals surface area contributed by atoms with Crippen molar-refractivity contribution in [3.8, 4) is 5.75 Å². The van der Waals surface area contributed by atoms with Crippen LogP contribution in [0.3, 0.4) is 0 Å². The predicted molar refractivity (Wildman–Crippen MR) is 120 cm³/mol. The third kappa shape index (κ3) is 5.25. The van der Waals surface area contributed by atoms with Gasteiger partial charge in [0.25, 0.3) is 10.7 Å². The number of carbonyl (C=O) groups is 1. The quantitative estimate of drug-likeness (QED) is 0.317. The van der Waals surface area contributed by atoms with E-state index in [-0.39, 0.29) is 23.8 Å². The Bertz CT molecular complexity index is 1080. The normalized spacial score (nSPS) is 11.3. The fourth-order valence-electron chi connectivity index (χ4n) is 3.17. The molecule has 0 N–H and O–H groups in total. The highest BCUT2D eigenvalue weighted by atomic mass is 32.1. The van der Waals surface area contributed by atoms with Crippen molar-refractivity contribution in [2.45, 2.75) is 59.6 Å². The maximum Gasteiger partial charge on any atom is 0.287 e. The van der Waals surface area contributed by atoms with Crippen LogP contribution in [0.1, 0.15) is 72.5 Å². The van der Waals surface area contributed by atoms with E-state index >= 15 is 0 Å². The van der Waals surface area contributed by atoms with Gasteiger partial charge in [-0.05, 0) is 53.7 Å². The van der Waals surface area contributed by atoms with Gasteiger partial charge in [-0.15, -0.1) is 5.10 Å². The van der Waals surface area contributed by atoms with Gasteiger partial charge >= 0.3 is 0 Å². The molecule has 0 bridgehead atoms. The average molecular weight is 425 g/mol. The second kappa shape index (κ2) is 9.39. The van der Waals surface area contributed by atoms with Gasteiger partial charge in [0.05, 0.1) is 0 Å². The van der Waals surface area contributed by atoms with Crippen molar-refractivity contribution in [3.63, 3.8) is 0 Å². The zero-order valence-corrected chi connectivity index (χ0v) is 19.0. The van der Waals surface area contributed by atoms with Crippen molar-refractivity contribution < 1.29 is 13.9 Å². The fraction of sp³-hybridized carbons (Fsp3) is 0.375. The monoisotopic (exact) mass is 424 g/mol. The zero-order chi connectivity index (χ0) is 21.8. The summed E-state index contributed by atoms with van der Waals surface area (Å²) in [5, 5.41) is 4.33. The molecule has 0 atom stereocenters. The van der Waals surface area contributed by atoms with Gasteiger partial charge in [-0.25, -0.2) is 4.68 Å². The van der Waals surface area contributed by atoms with Crippen LogP contribution in [0.15, 0.2) is 46.9 Å². The first kappa shape index (κ1) is 22.0. The van der Waals surface area contributed by atoms with Crippen molar-refractivity contribution in [3.05, 3.63) is 75.4 Å². The molecule has 0 radical (unpaired) electrons. The van der Waals surface area contributed by atoms with Crippen molar-refractivity contribution in [2.24, 2.45) is 0 Å². The van der Waals surface area contributed by atoms with Crippen LogP contribution >= 0.6 is 12.2 Å². The molecule has 0 amide bonds. The second-order valence-corrected chi connectivity index (χ2v) is 8.45. The molecule has 30 heavy (non-hydrogen) atoms. The van der Waals surface area contributed by atoms with Crippen LogP contribution in [0.4, 0.5) is 0 Å². The number of aryl methyl sites for hydroxylation is 1. The molecule has 1 aromatic heterocycles. The van der Waals surface area contributed by atoms with Crippen LogP contribution in [-0.4, -0.2) is 15.6 Å². The summed E-state index contributed by atoms with van der Waals surface area (Å²) in [6.45, 7) is 10.7.